The number of carbonyl (C=O) groups is 1. The molecule has 0 aromatic heterocycles. The van der Waals surface area contributed by atoms with E-state index < -0.39 is 11.0 Å². The number of hydrogen-bond acceptors (Lipinski definition) is 3. The lowest BCUT2D eigenvalue weighted by Gasteiger charge is -2.36. The minimum atomic E-state index is -0.648. The first-order chi connectivity index (χ1) is 8.74. The molecule has 1 heterocycles. The summed E-state index contributed by atoms with van der Waals surface area (Å²) in [5.74, 6) is 0.560. The van der Waals surface area contributed by atoms with Gasteiger partial charge in [-0.05, 0) is 49.7 Å². The summed E-state index contributed by atoms with van der Waals surface area (Å²) >= 11 is 3.47. The van der Waals surface area contributed by atoms with Gasteiger partial charge in [0.15, 0.2) is 0 Å². The van der Waals surface area contributed by atoms with Crippen LogP contribution in [0.5, 0.6) is 5.75 Å². The topological polar surface area (TPSA) is 35.5 Å². The summed E-state index contributed by atoms with van der Waals surface area (Å²) in [6, 6.07) is 5.77. The molecule has 1 aromatic rings. The lowest BCUT2D eigenvalue weighted by molar-refractivity contribution is -0.162. The molecule has 4 heteroatoms. The van der Waals surface area contributed by atoms with E-state index in [0.29, 0.717) is 13.0 Å². The first-order valence-electron chi connectivity index (χ1n) is 6.39. The van der Waals surface area contributed by atoms with Gasteiger partial charge in [0.05, 0.1) is 16.5 Å². The van der Waals surface area contributed by atoms with E-state index in [4.69, 9.17) is 9.47 Å². The van der Waals surface area contributed by atoms with E-state index in [1.54, 1.807) is 0 Å². The highest BCUT2D eigenvalue weighted by Gasteiger charge is 2.43. The first kappa shape index (κ1) is 14.4. The van der Waals surface area contributed by atoms with Crippen LogP contribution >= 0.6 is 15.9 Å². The van der Waals surface area contributed by atoms with Crippen molar-refractivity contribution in [2.24, 2.45) is 0 Å². The Balaban J connectivity index is 2.41. The molecule has 104 valence electrons. The van der Waals surface area contributed by atoms with Gasteiger partial charge < -0.3 is 9.47 Å². The molecule has 19 heavy (non-hydrogen) atoms. The number of ether oxygens (including phenoxy) is 2. The number of fused-ring (bicyclic) bond motifs is 1. The molecule has 0 spiro atoms. The minimum Gasteiger partial charge on any atom is -0.492 e. The summed E-state index contributed by atoms with van der Waals surface area (Å²) in [6.07, 6.45) is 0.630. The Morgan fingerprint density at radius 1 is 1.42 bits per heavy atom. The summed E-state index contributed by atoms with van der Waals surface area (Å²) in [7, 11) is 0. The molecule has 0 saturated heterocycles. The van der Waals surface area contributed by atoms with E-state index in [-0.39, 0.29) is 5.97 Å². The zero-order chi connectivity index (χ0) is 14.3. The monoisotopic (exact) mass is 326 g/mol. The first-order valence-corrected chi connectivity index (χ1v) is 7.18. The fourth-order valence-electron chi connectivity index (χ4n) is 2.18. The van der Waals surface area contributed by atoms with Crippen molar-refractivity contribution in [3.8, 4) is 5.75 Å². The molecule has 2 rings (SSSR count). The van der Waals surface area contributed by atoms with Gasteiger partial charge in [0.2, 0.25) is 0 Å². The second-order valence-corrected chi connectivity index (χ2v) is 6.90. The Morgan fingerprint density at radius 2 is 2.11 bits per heavy atom. The molecular weight excluding hydrogens is 308 g/mol. The van der Waals surface area contributed by atoms with Crippen molar-refractivity contribution in [2.75, 3.05) is 6.61 Å². The van der Waals surface area contributed by atoms with Crippen molar-refractivity contribution >= 4 is 21.9 Å². The molecule has 1 aliphatic rings. The molecule has 1 atom stereocenters. The van der Waals surface area contributed by atoms with Crippen LogP contribution in [0.25, 0.3) is 0 Å². The third-order valence-electron chi connectivity index (χ3n) is 3.26. The molecule has 0 radical (unpaired) electrons. The van der Waals surface area contributed by atoms with E-state index >= 15 is 0 Å². The molecule has 0 amide bonds. The average molecular weight is 327 g/mol. The van der Waals surface area contributed by atoms with Crippen LogP contribution in [0.3, 0.4) is 0 Å². The zero-order valence-electron chi connectivity index (χ0n) is 11.7. The Labute approximate surface area is 122 Å². The van der Waals surface area contributed by atoms with Gasteiger partial charge in [-0.2, -0.15) is 0 Å². The predicted molar refractivity (Wildman–Crippen MR) is 77.5 cm³/mol. The van der Waals surface area contributed by atoms with Gasteiger partial charge >= 0.3 is 5.97 Å². The Kier molecular flexibility index (Phi) is 3.65. The van der Waals surface area contributed by atoms with E-state index in [1.165, 1.54) is 0 Å². The van der Waals surface area contributed by atoms with Crippen molar-refractivity contribution in [3.05, 3.63) is 28.2 Å². The summed E-state index contributed by atoms with van der Waals surface area (Å²) in [4.78, 5) is 12.5. The molecule has 0 aliphatic carbocycles. The van der Waals surface area contributed by atoms with Gasteiger partial charge in [-0.15, -0.1) is 0 Å². The molecule has 0 fully saturated rings. The summed E-state index contributed by atoms with van der Waals surface area (Å²) in [5.41, 5.74) is -0.239. The molecular formula is C15H19BrO3. The second-order valence-electron chi connectivity index (χ2n) is 6.05. The van der Waals surface area contributed by atoms with Crippen molar-refractivity contribution in [1.82, 2.24) is 0 Å². The van der Waals surface area contributed by atoms with Crippen LogP contribution in [-0.4, -0.2) is 18.2 Å². The third kappa shape index (κ3) is 2.78. The van der Waals surface area contributed by atoms with Crippen molar-refractivity contribution in [1.29, 1.82) is 0 Å². The number of para-hydroxylation sites is 1. The van der Waals surface area contributed by atoms with E-state index in [0.717, 1.165) is 15.8 Å². The van der Waals surface area contributed by atoms with Crippen LogP contribution in [0.15, 0.2) is 22.7 Å². The molecule has 0 saturated carbocycles. The summed E-state index contributed by atoms with van der Waals surface area (Å²) in [6.45, 7) is 8.10. The van der Waals surface area contributed by atoms with E-state index in [2.05, 4.69) is 15.9 Å². The lowest BCUT2D eigenvalue weighted by Crippen LogP contribution is -2.42. The average Bonchev–Trinajstić information content (AvgIpc) is 2.28. The molecule has 3 nitrogen and oxygen atoms in total. The highest BCUT2D eigenvalue weighted by molar-refractivity contribution is 9.10. The minimum absolute atomic E-state index is 0.192. The van der Waals surface area contributed by atoms with Crippen molar-refractivity contribution in [3.63, 3.8) is 0 Å². The summed E-state index contributed by atoms with van der Waals surface area (Å²) in [5, 5.41) is 0. The standard InChI is InChI=1S/C15H19BrO3/c1-14(2,3)19-13(17)15(4)8-9-18-12-10(15)6-5-7-11(12)16/h5-7H,8-9H2,1-4H3. The molecule has 0 bridgehead atoms. The van der Waals surface area contributed by atoms with Crippen LogP contribution in [0.4, 0.5) is 0 Å². The number of halogens is 1. The van der Waals surface area contributed by atoms with E-state index in [9.17, 15) is 4.79 Å². The predicted octanol–water partition coefficient (Wildman–Crippen LogP) is 3.83. The smallest absolute Gasteiger partial charge is 0.317 e. The van der Waals surface area contributed by atoms with Gasteiger partial charge in [-0.25, -0.2) is 0 Å². The van der Waals surface area contributed by atoms with Crippen LogP contribution in [-0.2, 0) is 14.9 Å². The third-order valence-corrected chi connectivity index (χ3v) is 3.88. The van der Waals surface area contributed by atoms with Gasteiger partial charge in [-0.1, -0.05) is 12.1 Å². The number of hydrogen-bond donors (Lipinski definition) is 0. The number of benzene rings is 1. The largest absolute Gasteiger partial charge is 0.492 e. The van der Waals surface area contributed by atoms with Crippen LogP contribution in [0.1, 0.15) is 39.7 Å². The fraction of sp³-hybridized carbons (Fsp3) is 0.533. The van der Waals surface area contributed by atoms with Gasteiger partial charge in [0.25, 0.3) is 0 Å². The number of rotatable bonds is 1. The SMILES string of the molecule is CC(C)(C)OC(=O)C1(C)CCOc2c(Br)cccc21. The maximum atomic E-state index is 12.5. The quantitative estimate of drug-likeness (QED) is 0.736. The molecule has 1 aliphatic heterocycles. The maximum absolute atomic E-state index is 12.5. The molecule has 1 aromatic carbocycles. The van der Waals surface area contributed by atoms with Crippen LogP contribution < -0.4 is 4.74 Å². The van der Waals surface area contributed by atoms with E-state index in [1.807, 2.05) is 45.9 Å². The van der Waals surface area contributed by atoms with Gasteiger partial charge in [0, 0.05) is 12.0 Å². The van der Waals surface area contributed by atoms with Gasteiger partial charge in [-0.3, -0.25) is 4.79 Å². The Morgan fingerprint density at radius 3 is 2.74 bits per heavy atom. The Bertz CT molecular complexity index is 505. The zero-order valence-corrected chi connectivity index (χ0v) is 13.3. The normalized spacial score (nSPS) is 22.4. The lowest BCUT2D eigenvalue weighted by atomic mass is 9.77. The summed E-state index contributed by atoms with van der Waals surface area (Å²) < 4.78 is 12.1. The van der Waals surface area contributed by atoms with Crippen molar-refractivity contribution < 1.29 is 14.3 Å². The maximum Gasteiger partial charge on any atom is 0.317 e. The van der Waals surface area contributed by atoms with Crippen LogP contribution in [0, 0.1) is 0 Å². The Hall–Kier alpha value is -1.03. The van der Waals surface area contributed by atoms with Gasteiger partial charge in [0.1, 0.15) is 11.4 Å². The highest BCUT2D eigenvalue weighted by Crippen LogP contribution is 2.43. The molecule has 1 unspecified atom stereocenters. The highest BCUT2D eigenvalue weighted by atomic mass is 79.9. The fourth-order valence-corrected chi connectivity index (χ4v) is 2.67. The molecule has 0 N–H and O–H groups in total. The van der Waals surface area contributed by atoms with Crippen molar-refractivity contribution in [2.45, 2.75) is 45.1 Å². The number of esters is 1. The second kappa shape index (κ2) is 4.82. The van der Waals surface area contributed by atoms with Crippen LogP contribution in [0.2, 0.25) is 0 Å². The number of carbonyl (C=O) groups excluding carboxylic acids is 1.